The maximum atomic E-state index is 12.7. The number of hydrogen-bond acceptors (Lipinski definition) is 2. The molecule has 0 aromatic heterocycles. The summed E-state index contributed by atoms with van der Waals surface area (Å²) in [5.41, 5.74) is 0. The van der Waals surface area contributed by atoms with Gasteiger partial charge in [-0.05, 0) is 0 Å². The van der Waals surface area contributed by atoms with E-state index in [9.17, 15) is 30.4 Å². The van der Waals surface area contributed by atoms with Gasteiger partial charge in [0, 0.05) is 0 Å². The van der Waals surface area contributed by atoms with Gasteiger partial charge in [0.1, 0.15) is 0 Å². The van der Waals surface area contributed by atoms with E-state index < -0.39 is 44.0 Å². The molecule has 0 unspecified atom stereocenters. The van der Waals surface area contributed by atoms with Crippen molar-refractivity contribution < 1.29 is 30.4 Å². The molecule has 10 heteroatoms. The van der Waals surface area contributed by atoms with E-state index in [0.717, 1.165) is 0 Å². The topological polar surface area (TPSA) is 60.2 Å². The maximum absolute atomic E-state index is 12.7. The van der Waals surface area contributed by atoms with E-state index in [1.54, 1.807) is 0 Å². The van der Waals surface area contributed by atoms with E-state index in [4.69, 9.17) is 0 Å². The molecule has 0 saturated carbocycles. The Balaban J connectivity index is 0.00000225. The van der Waals surface area contributed by atoms with Gasteiger partial charge < -0.3 is 0 Å². The molecular weight excluding hydrogens is 281 g/mol. The van der Waals surface area contributed by atoms with Gasteiger partial charge in [-0.3, -0.25) is 0 Å². The highest BCUT2D eigenvalue weighted by Crippen LogP contribution is 2.25. The highest BCUT2D eigenvalue weighted by Gasteiger charge is 2.31. The summed E-state index contributed by atoms with van der Waals surface area (Å²) in [6.45, 7) is 0. The van der Waals surface area contributed by atoms with Crippen LogP contribution in [-0.2, 0) is 10.0 Å². The van der Waals surface area contributed by atoms with Gasteiger partial charge in [-0.2, -0.15) is 0 Å². The highest BCUT2D eigenvalue weighted by molar-refractivity contribution is 7.89. The second-order valence-electron chi connectivity index (χ2n) is 2.44. The fourth-order valence-electron chi connectivity index (χ4n) is 0.835. The molecule has 0 amide bonds. The smallest absolute Gasteiger partial charge is 0.224 e. The van der Waals surface area contributed by atoms with Crippen LogP contribution in [0.4, 0.5) is 22.0 Å². The van der Waals surface area contributed by atoms with E-state index in [0.29, 0.717) is 0 Å². The SMILES string of the molecule is Cl.NS(=O)(=O)c1c(F)c(F)c(F)c(F)c1F. The number of halogens is 6. The third-order valence-electron chi connectivity index (χ3n) is 1.45. The Morgan fingerprint density at radius 3 is 1.25 bits per heavy atom. The van der Waals surface area contributed by atoms with Gasteiger partial charge in [0.15, 0.2) is 28.2 Å². The van der Waals surface area contributed by atoms with Crippen molar-refractivity contribution in [3.8, 4) is 0 Å². The summed E-state index contributed by atoms with van der Waals surface area (Å²) in [6.07, 6.45) is 0. The number of rotatable bonds is 1. The quantitative estimate of drug-likeness (QED) is 0.482. The van der Waals surface area contributed by atoms with Gasteiger partial charge in [0.25, 0.3) is 0 Å². The molecule has 0 aliphatic carbocycles. The summed E-state index contributed by atoms with van der Waals surface area (Å²) < 4.78 is 83.8. The van der Waals surface area contributed by atoms with Crippen molar-refractivity contribution >= 4 is 22.4 Å². The fourth-order valence-corrected chi connectivity index (χ4v) is 1.51. The van der Waals surface area contributed by atoms with Crippen molar-refractivity contribution in [2.75, 3.05) is 0 Å². The van der Waals surface area contributed by atoms with Crippen molar-refractivity contribution in [2.45, 2.75) is 4.90 Å². The van der Waals surface area contributed by atoms with Gasteiger partial charge in [-0.25, -0.2) is 35.5 Å². The van der Waals surface area contributed by atoms with E-state index in [1.165, 1.54) is 0 Å². The van der Waals surface area contributed by atoms with Crippen LogP contribution in [-0.4, -0.2) is 8.42 Å². The Labute approximate surface area is 92.5 Å². The third-order valence-corrected chi connectivity index (χ3v) is 2.38. The summed E-state index contributed by atoms with van der Waals surface area (Å²) in [5.74, 6) is -12.1. The zero-order valence-electron chi connectivity index (χ0n) is 7.10. The van der Waals surface area contributed by atoms with Crippen molar-refractivity contribution in [2.24, 2.45) is 5.14 Å². The van der Waals surface area contributed by atoms with Crippen molar-refractivity contribution in [1.82, 2.24) is 0 Å². The predicted octanol–water partition coefficient (Wildman–Crippen LogP) is 1.45. The molecule has 0 fully saturated rings. The lowest BCUT2D eigenvalue weighted by Crippen LogP contribution is -2.19. The molecule has 0 heterocycles. The lowest BCUT2D eigenvalue weighted by Gasteiger charge is -2.05. The minimum Gasteiger partial charge on any atom is -0.224 e. The monoisotopic (exact) mass is 283 g/mol. The minimum atomic E-state index is -5.02. The van der Waals surface area contributed by atoms with Crippen molar-refractivity contribution in [1.29, 1.82) is 0 Å². The second kappa shape index (κ2) is 4.52. The van der Waals surface area contributed by atoms with Crippen LogP contribution in [0, 0.1) is 29.1 Å². The van der Waals surface area contributed by atoms with Crippen molar-refractivity contribution in [3.63, 3.8) is 0 Å². The second-order valence-corrected chi connectivity index (χ2v) is 3.94. The van der Waals surface area contributed by atoms with E-state index >= 15 is 0 Å². The standard InChI is InChI=1S/C6H2F5NO2S.ClH/c7-1-2(8)4(10)6(15(12,13)14)5(11)3(1)9;/h(H2,12,13,14);1H. The Morgan fingerprint density at radius 2 is 1.00 bits per heavy atom. The molecule has 0 saturated heterocycles. The summed E-state index contributed by atoms with van der Waals surface area (Å²) in [4.78, 5) is -2.04. The number of primary sulfonamides is 1. The molecule has 0 radical (unpaired) electrons. The molecule has 0 aliphatic rings. The predicted molar refractivity (Wildman–Crippen MR) is 44.9 cm³/mol. The first-order chi connectivity index (χ1) is 6.68. The van der Waals surface area contributed by atoms with E-state index in [1.807, 2.05) is 0 Å². The molecule has 16 heavy (non-hydrogen) atoms. The zero-order chi connectivity index (χ0) is 12.0. The molecule has 2 N–H and O–H groups in total. The first-order valence-corrected chi connectivity index (χ1v) is 4.76. The van der Waals surface area contributed by atoms with Gasteiger partial charge in [-0.15, -0.1) is 12.4 Å². The van der Waals surface area contributed by atoms with Crippen molar-refractivity contribution in [3.05, 3.63) is 29.1 Å². The fraction of sp³-hybridized carbons (Fsp3) is 0. The Bertz CT molecular complexity index is 503. The average Bonchev–Trinajstić information content (AvgIpc) is 2.09. The third kappa shape index (κ3) is 2.25. The Kier molecular flexibility index (Phi) is 4.25. The molecular formula is C6H3ClF5NO2S. The summed E-state index contributed by atoms with van der Waals surface area (Å²) in [7, 11) is -5.02. The lowest BCUT2D eigenvalue weighted by molar-refractivity contribution is 0.358. The van der Waals surface area contributed by atoms with Gasteiger partial charge in [-0.1, -0.05) is 0 Å². The molecule has 92 valence electrons. The lowest BCUT2D eigenvalue weighted by atomic mass is 10.3. The van der Waals surface area contributed by atoms with E-state index in [2.05, 4.69) is 5.14 Å². The number of hydrogen-bond donors (Lipinski definition) is 1. The maximum Gasteiger partial charge on any atom is 0.244 e. The Morgan fingerprint density at radius 1 is 0.750 bits per heavy atom. The number of nitrogens with two attached hydrogens (primary N) is 1. The largest absolute Gasteiger partial charge is 0.244 e. The molecule has 1 rings (SSSR count). The molecule has 0 spiro atoms. The summed E-state index contributed by atoms with van der Waals surface area (Å²) in [6, 6.07) is 0. The van der Waals surface area contributed by atoms with Crippen LogP contribution in [0.25, 0.3) is 0 Å². The van der Waals surface area contributed by atoms with Crippen LogP contribution >= 0.6 is 12.4 Å². The normalized spacial score (nSPS) is 11.1. The first-order valence-electron chi connectivity index (χ1n) is 3.22. The van der Waals surface area contributed by atoms with Gasteiger partial charge in [0.2, 0.25) is 15.8 Å². The van der Waals surface area contributed by atoms with Gasteiger partial charge in [0.05, 0.1) is 0 Å². The Hall–Kier alpha value is -0.930. The van der Waals surface area contributed by atoms with Crippen LogP contribution in [0.5, 0.6) is 0 Å². The van der Waals surface area contributed by atoms with Gasteiger partial charge >= 0.3 is 0 Å². The number of sulfonamides is 1. The molecule has 0 atom stereocenters. The molecule has 0 aliphatic heterocycles. The zero-order valence-corrected chi connectivity index (χ0v) is 8.73. The summed E-state index contributed by atoms with van der Waals surface area (Å²) >= 11 is 0. The van der Waals surface area contributed by atoms with E-state index in [-0.39, 0.29) is 12.4 Å². The molecule has 0 bridgehead atoms. The van der Waals surface area contributed by atoms with Crippen LogP contribution in [0.1, 0.15) is 0 Å². The van der Waals surface area contributed by atoms with Crippen LogP contribution in [0.3, 0.4) is 0 Å². The van der Waals surface area contributed by atoms with Crippen LogP contribution in [0.2, 0.25) is 0 Å². The summed E-state index contributed by atoms with van der Waals surface area (Å²) in [5, 5.41) is 4.28. The highest BCUT2D eigenvalue weighted by atomic mass is 35.5. The van der Waals surface area contributed by atoms with Crippen LogP contribution in [0.15, 0.2) is 4.90 Å². The number of benzene rings is 1. The average molecular weight is 284 g/mol. The molecule has 1 aromatic rings. The first kappa shape index (κ1) is 15.1. The molecule has 1 aromatic carbocycles. The molecule has 3 nitrogen and oxygen atoms in total. The minimum absolute atomic E-state index is 0. The van der Waals surface area contributed by atoms with Crippen LogP contribution < -0.4 is 5.14 Å².